The number of fused-ring (bicyclic) bond motifs is 2. The molecule has 2 aromatic heterocycles. The molecule has 4 aromatic carbocycles. The average Bonchev–Trinajstić information content (AvgIpc) is 3.34. The molecule has 6 aromatic rings. The molecule has 0 saturated heterocycles. The molecule has 0 saturated carbocycles. The lowest BCUT2D eigenvalue weighted by atomic mass is 9.96. The molecular formula is C36H34N4O2. The van der Waals surface area contributed by atoms with E-state index in [1.807, 2.05) is 43.3 Å². The molecule has 0 bridgehead atoms. The third-order valence-electron chi connectivity index (χ3n) is 7.80. The van der Waals surface area contributed by atoms with Crippen molar-refractivity contribution in [2.75, 3.05) is 7.11 Å². The molecular weight excluding hydrogens is 520 g/mol. The second-order valence-corrected chi connectivity index (χ2v) is 11.1. The average molecular weight is 555 g/mol. The highest BCUT2D eigenvalue weighted by molar-refractivity contribution is 5.99. The molecule has 210 valence electrons. The normalized spacial score (nSPS) is 11.8. The van der Waals surface area contributed by atoms with Crippen molar-refractivity contribution < 1.29 is 4.74 Å². The Hall–Kier alpha value is -4.97. The number of benzene rings is 4. The predicted octanol–water partition coefficient (Wildman–Crippen LogP) is 7.70. The maximum atomic E-state index is 13.9. The van der Waals surface area contributed by atoms with Crippen molar-refractivity contribution in [1.29, 1.82) is 0 Å². The van der Waals surface area contributed by atoms with Crippen LogP contribution in [0.15, 0.2) is 101 Å². The van der Waals surface area contributed by atoms with E-state index in [0.29, 0.717) is 16.7 Å². The second-order valence-electron chi connectivity index (χ2n) is 11.1. The quantitative estimate of drug-likeness (QED) is 0.190. The summed E-state index contributed by atoms with van der Waals surface area (Å²) in [6, 6.07) is 28.4. The van der Waals surface area contributed by atoms with E-state index in [4.69, 9.17) is 14.8 Å². The molecule has 0 aliphatic heterocycles. The number of para-hydroxylation sites is 2. The van der Waals surface area contributed by atoms with E-state index in [9.17, 15) is 4.79 Å². The third-order valence-corrected chi connectivity index (χ3v) is 7.80. The van der Waals surface area contributed by atoms with Gasteiger partial charge >= 0.3 is 0 Å². The summed E-state index contributed by atoms with van der Waals surface area (Å²) in [7, 11) is 1.68. The van der Waals surface area contributed by atoms with Gasteiger partial charge in [0.1, 0.15) is 5.75 Å². The largest absolute Gasteiger partial charge is 0.496 e. The number of nitrogens with zero attached hydrogens (tertiary/aromatic N) is 4. The first-order valence-electron chi connectivity index (χ1n) is 14.2. The number of hydrogen-bond acceptors (Lipinski definition) is 4. The molecule has 0 aliphatic rings. The summed E-state index contributed by atoms with van der Waals surface area (Å²) in [5.41, 5.74) is 7.78. The first kappa shape index (κ1) is 27.2. The van der Waals surface area contributed by atoms with Crippen LogP contribution in [0.4, 0.5) is 0 Å². The van der Waals surface area contributed by atoms with E-state index < -0.39 is 0 Å². The molecule has 0 unspecified atom stereocenters. The number of rotatable bonds is 7. The Morgan fingerprint density at radius 3 is 2.38 bits per heavy atom. The zero-order valence-corrected chi connectivity index (χ0v) is 24.6. The lowest BCUT2D eigenvalue weighted by Gasteiger charge is -2.17. The highest BCUT2D eigenvalue weighted by Gasteiger charge is 2.18. The van der Waals surface area contributed by atoms with Crippen LogP contribution in [-0.2, 0) is 6.54 Å². The maximum Gasteiger partial charge on any atom is 0.282 e. The third kappa shape index (κ3) is 5.00. The van der Waals surface area contributed by atoms with Crippen molar-refractivity contribution in [3.63, 3.8) is 0 Å². The molecule has 0 spiro atoms. The molecule has 0 fully saturated rings. The molecule has 0 atom stereocenters. The molecule has 6 rings (SSSR count). The van der Waals surface area contributed by atoms with E-state index in [2.05, 4.69) is 74.0 Å². The number of hydrogen-bond donors (Lipinski definition) is 0. The Kier molecular flexibility index (Phi) is 7.21. The fourth-order valence-corrected chi connectivity index (χ4v) is 5.49. The van der Waals surface area contributed by atoms with Gasteiger partial charge in [0.05, 0.1) is 24.2 Å². The van der Waals surface area contributed by atoms with Crippen LogP contribution in [0.1, 0.15) is 47.6 Å². The monoisotopic (exact) mass is 554 g/mol. The van der Waals surface area contributed by atoms with Gasteiger partial charge in [-0.1, -0.05) is 74.0 Å². The van der Waals surface area contributed by atoms with E-state index in [1.54, 1.807) is 19.4 Å². The highest BCUT2D eigenvalue weighted by atomic mass is 16.5. The van der Waals surface area contributed by atoms with E-state index >= 15 is 0 Å². The summed E-state index contributed by atoms with van der Waals surface area (Å²) in [4.78, 5) is 18.9. The van der Waals surface area contributed by atoms with Gasteiger partial charge in [0, 0.05) is 34.8 Å². The molecule has 2 heterocycles. The van der Waals surface area contributed by atoms with E-state index in [0.717, 1.165) is 45.5 Å². The van der Waals surface area contributed by atoms with Gasteiger partial charge in [0.2, 0.25) is 0 Å². The van der Waals surface area contributed by atoms with Gasteiger partial charge < -0.3 is 9.30 Å². The maximum absolute atomic E-state index is 13.9. The summed E-state index contributed by atoms with van der Waals surface area (Å²) in [5, 5.41) is 6.41. The summed E-state index contributed by atoms with van der Waals surface area (Å²) >= 11 is 0. The van der Waals surface area contributed by atoms with Gasteiger partial charge in [0.25, 0.3) is 5.56 Å². The first-order valence-corrected chi connectivity index (χ1v) is 14.2. The fraction of sp³-hybridized carbons (Fsp3) is 0.194. The van der Waals surface area contributed by atoms with Crippen molar-refractivity contribution in [2.24, 2.45) is 5.10 Å². The molecule has 0 radical (unpaired) electrons. The number of methoxy groups -OCH3 is 1. The van der Waals surface area contributed by atoms with Crippen LogP contribution in [0.5, 0.6) is 5.75 Å². The smallest absolute Gasteiger partial charge is 0.282 e. The van der Waals surface area contributed by atoms with Crippen LogP contribution in [0.25, 0.3) is 33.2 Å². The Morgan fingerprint density at radius 2 is 1.64 bits per heavy atom. The van der Waals surface area contributed by atoms with Crippen LogP contribution in [0, 0.1) is 13.8 Å². The zero-order chi connectivity index (χ0) is 29.4. The van der Waals surface area contributed by atoms with Gasteiger partial charge in [-0.25, -0.2) is 4.98 Å². The summed E-state index contributed by atoms with van der Waals surface area (Å²) in [6.07, 6.45) is 3.88. The lowest BCUT2D eigenvalue weighted by Crippen LogP contribution is -2.20. The van der Waals surface area contributed by atoms with Gasteiger partial charge in [-0.05, 0) is 66.8 Å². The topological polar surface area (TPSA) is 61.4 Å². The first-order chi connectivity index (χ1) is 20.3. The molecule has 6 nitrogen and oxygen atoms in total. The molecule has 0 aliphatic carbocycles. The minimum atomic E-state index is -0.212. The van der Waals surface area contributed by atoms with Crippen LogP contribution >= 0.6 is 0 Å². The standard InChI is InChI=1S/C36H34N4O2/c1-23(2)30-19-31(25(4)18-34(30)42-5)35-38-32-12-8-6-11-29(32)36(41)40(35)37-20-27-22-39(33-13-9-7-10-28(27)33)21-26-16-14-24(3)15-17-26/h6-20,22-23H,21H2,1-5H3. The summed E-state index contributed by atoms with van der Waals surface area (Å²) < 4.78 is 9.34. The van der Waals surface area contributed by atoms with Crippen molar-refractivity contribution in [1.82, 2.24) is 14.2 Å². The number of ether oxygens (including phenoxy) is 1. The Balaban J connectivity index is 1.52. The summed E-state index contributed by atoms with van der Waals surface area (Å²) in [5.74, 6) is 1.55. The second kappa shape index (κ2) is 11.1. The van der Waals surface area contributed by atoms with Gasteiger partial charge in [-0.2, -0.15) is 9.78 Å². The highest BCUT2D eigenvalue weighted by Crippen LogP contribution is 2.34. The SMILES string of the molecule is COc1cc(C)c(-c2nc3ccccc3c(=O)n2N=Cc2cn(Cc3ccc(C)cc3)c3ccccc23)cc1C(C)C. The summed E-state index contributed by atoms with van der Waals surface area (Å²) in [6.45, 7) is 9.10. The van der Waals surface area contributed by atoms with Crippen LogP contribution < -0.4 is 10.3 Å². The molecule has 6 heteroatoms. The van der Waals surface area contributed by atoms with Crippen molar-refractivity contribution in [2.45, 2.75) is 40.2 Å². The number of aryl methyl sites for hydroxylation is 2. The minimum absolute atomic E-state index is 0.212. The zero-order valence-electron chi connectivity index (χ0n) is 24.6. The minimum Gasteiger partial charge on any atom is -0.496 e. The van der Waals surface area contributed by atoms with Crippen LogP contribution in [0.3, 0.4) is 0 Å². The predicted molar refractivity (Wildman–Crippen MR) is 172 cm³/mol. The van der Waals surface area contributed by atoms with Gasteiger partial charge in [-0.3, -0.25) is 4.79 Å². The van der Waals surface area contributed by atoms with E-state index in [1.165, 1.54) is 15.8 Å². The molecule has 0 N–H and O–H groups in total. The van der Waals surface area contributed by atoms with E-state index in [-0.39, 0.29) is 11.5 Å². The van der Waals surface area contributed by atoms with Crippen LogP contribution in [-0.4, -0.2) is 27.6 Å². The fourth-order valence-electron chi connectivity index (χ4n) is 5.49. The number of aromatic nitrogens is 3. The lowest BCUT2D eigenvalue weighted by molar-refractivity contribution is 0.407. The molecule has 42 heavy (non-hydrogen) atoms. The van der Waals surface area contributed by atoms with Crippen LogP contribution in [0.2, 0.25) is 0 Å². The van der Waals surface area contributed by atoms with Crippen molar-refractivity contribution in [3.05, 3.63) is 129 Å². The Morgan fingerprint density at radius 1 is 0.929 bits per heavy atom. The van der Waals surface area contributed by atoms with Crippen molar-refractivity contribution >= 4 is 28.0 Å². The molecule has 0 amide bonds. The van der Waals surface area contributed by atoms with Gasteiger partial charge in [0.15, 0.2) is 5.82 Å². The van der Waals surface area contributed by atoms with Gasteiger partial charge in [-0.15, -0.1) is 0 Å². The van der Waals surface area contributed by atoms with Crippen molar-refractivity contribution in [3.8, 4) is 17.1 Å². The Bertz CT molecular complexity index is 2010. The Labute approximate surface area is 245 Å².